The SMILES string of the molecule is CCC1(CC)CCN(C(=O)c2cccnc2NN)C1. The zero-order chi connectivity index (χ0) is 13.9. The molecule has 0 unspecified atom stereocenters. The molecule has 3 N–H and O–H groups in total. The number of hydrogen-bond acceptors (Lipinski definition) is 4. The molecule has 0 spiro atoms. The smallest absolute Gasteiger partial charge is 0.257 e. The van der Waals surface area contributed by atoms with Crippen LogP contribution in [0.1, 0.15) is 43.5 Å². The van der Waals surface area contributed by atoms with Crippen LogP contribution < -0.4 is 11.3 Å². The molecular formula is C14H22N4O. The molecule has 5 heteroatoms. The summed E-state index contributed by atoms with van der Waals surface area (Å²) in [4.78, 5) is 18.5. The minimum atomic E-state index is 0.0184. The molecule has 1 saturated heterocycles. The Morgan fingerprint density at radius 3 is 2.84 bits per heavy atom. The molecule has 2 rings (SSSR count). The van der Waals surface area contributed by atoms with E-state index >= 15 is 0 Å². The third-order valence-corrected chi connectivity index (χ3v) is 4.40. The van der Waals surface area contributed by atoms with Gasteiger partial charge in [-0.1, -0.05) is 13.8 Å². The molecule has 1 fully saturated rings. The summed E-state index contributed by atoms with van der Waals surface area (Å²) in [5.74, 6) is 5.87. The van der Waals surface area contributed by atoms with E-state index in [9.17, 15) is 4.79 Å². The van der Waals surface area contributed by atoms with Crippen molar-refractivity contribution in [2.45, 2.75) is 33.1 Å². The van der Waals surface area contributed by atoms with Crippen LogP contribution in [-0.2, 0) is 0 Å². The largest absolute Gasteiger partial charge is 0.338 e. The van der Waals surface area contributed by atoms with Gasteiger partial charge in [-0.05, 0) is 36.8 Å². The predicted octanol–water partition coefficient (Wildman–Crippen LogP) is 2.02. The first-order valence-corrected chi connectivity index (χ1v) is 6.86. The van der Waals surface area contributed by atoms with Gasteiger partial charge in [0.1, 0.15) is 0 Å². The number of nitrogens with zero attached hydrogens (tertiary/aromatic N) is 2. The van der Waals surface area contributed by atoms with Crippen molar-refractivity contribution in [3.63, 3.8) is 0 Å². The van der Waals surface area contributed by atoms with Crippen LogP contribution in [0.5, 0.6) is 0 Å². The Morgan fingerprint density at radius 1 is 1.53 bits per heavy atom. The molecule has 1 aromatic rings. The molecule has 0 atom stereocenters. The van der Waals surface area contributed by atoms with Crippen molar-refractivity contribution in [2.24, 2.45) is 11.3 Å². The van der Waals surface area contributed by atoms with Crippen LogP contribution in [-0.4, -0.2) is 28.9 Å². The van der Waals surface area contributed by atoms with E-state index in [1.165, 1.54) is 0 Å². The summed E-state index contributed by atoms with van der Waals surface area (Å²) in [5, 5.41) is 0. The summed E-state index contributed by atoms with van der Waals surface area (Å²) < 4.78 is 0. The van der Waals surface area contributed by atoms with Crippen molar-refractivity contribution in [3.05, 3.63) is 23.9 Å². The number of likely N-dealkylation sites (tertiary alicyclic amines) is 1. The molecular weight excluding hydrogens is 240 g/mol. The lowest BCUT2D eigenvalue weighted by atomic mass is 9.82. The first-order chi connectivity index (χ1) is 9.15. The number of anilines is 1. The second-order valence-electron chi connectivity index (χ2n) is 5.23. The molecule has 0 aromatic carbocycles. The van der Waals surface area contributed by atoms with Crippen LogP contribution in [0.2, 0.25) is 0 Å². The number of nitrogen functional groups attached to an aromatic ring is 1. The second-order valence-corrected chi connectivity index (χ2v) is 5.23. The monoisotopic (exact) mass is 262 g/mol. The maximum Gasteiger partial charge on any atom is 0.257 e. The molecule has 0 aliphatic carbocycles. The highest BCUT2D eigenvalue weighted by atomic mass is 16.2. The summed E-state index contributed by atoms with van der Waals surface area (Å²) >= 11 is 0. The fraction of sp³-hybridized carbons (Fsp3) is 0.571. The molecule has 104 valence electrons. The number of aromatic nitrogens is 1. The van der Waals surface area contributed by atoms with Gasteiger partial charge >= 0.3 is 0 Å². The van der Waals surface area contributed by atoms with Crippen LogP contribution in [0.15, 0.2) is 18.3 Å². The van der Waals surface area contributed by atoms with E-state index in [1.807, 2.05) is 4.90 Å². The fourth-order valence-electron chi connectivity index (χ4n) is 2.80. The van der Waals surface area contributed by atoms with Gasteiger partial charge in [0.25, 0.3) is 5.91 Å². The Kier molecular flexibility index (Phi) is 4.04. The lowest BCUT2D eigenvalue weighted by Crippen LogP contribution is -2.32. The van der Waals surface area contributed by atoms with Gasteiger partial charge in [0.2, 0.25) is 0 Å². The molecule has 0 saturated carbocycles. The van der Waals surface area contributed by atoms with Crippen molar-refractivity contribution < 1.29 is 4.79 Å². The Hall–Kier alpha value is -1.62. The van der Waals surface area contributed by atoms with Gasteiger partial charge in [0.05, 0.1) is 5.56 Å². The highest BCUT2D eigenvalue weighted by Gasteiger charge is 2.37. The van der Waals surface area contributed by atoms with Crippen LogP contribution in [0.3, 0.4) is 0 Å². The van der Waals surface area contributed by atoms with Crippen LogP contribution >= 0.6 is 0 Å². The second kappa shape index (κ2) is 5.57. The van der Waals surface area contributed by atoms with E-state index in [0.717, 1.165) is 32.4 Å². The number of rotatable bonds is 4. The molecule has 0 radical (unpaired) electrons. The molecule has 1 aliphatic rings. The topological polar surface area (TPSA) is 71.2 Å². The van der Waals surface area contributed by atoms with Crippen molar-refractivity contribution in [1.82, 2.24) is 9.88 Å². The van der Waals surface area contributed by atoms with E-state index < -0.39 is 0 Å². The quantitative estimate of drug-likeness (QED) is 0.643. The molecule has 0 bridgehead atoms. The van der Waals surface area contributed by atoms with E-state index in [-0.39, 0.29) is 11.3 Å². The molecule has 1 aromatic heterocycles. The Morgan fingerprint density at radius 2 is 2.26 bits per heavy atom. The number of nitrogens with one attached hydrogen (secondary N) is 1. The third kappa shape index (κ3) is 2.56. The van der Waals surface area contributed by atoms with Crippen molar-refractivity contribution in [1.29, 1.82) is 0 Å². The highest BCUT2D eigenvalue weighted by molar-refractivity contribution is 5.98. The average molecular weight is 262 g/mol. The van der Waals surface area contributed by atoms with E-state index in [2.05, 4.69) is 24.3 Å². The van der Waals surface area contributed by atoms with Gasteiger partial charge in [-0.2, -0.15) is 0 Å². The summed E-state index contributed by atoms with van der Waals surface area (Å²) in [6.45, 7) is 6.06. The van der Waals surface area contributed by atoms with E-state index in [4.69, 9.17) is 5.84 Å². The summed E-state index contributed by atoms with van der Waals surface area (Å²) in [5.41, 5.74) is 3.32. The number of pyridine rings is 1. The van der Waals surface area contributed by atoms with Crippen molar-refractivity contribution in [2.75, 3.05) is 18.5 Å². The standard InChI is InChI=1S/C14H22N4O/c1-3-14(4-2)7-9-18(10-14)13(19)11-6-5-8-16-12(11)17-15/h5-6,8H,3-4,7,9-10,15H2,1-2H3,(H,16,17). The number of hydrogen-bond donors (Lipinski definition) is 2. The lowest BCUT2D eigenvalue weighted by Gasteiger charge is -2.26. The number of hydrazine groups is 1. The van der Waals surface area contributed by atoms with Gasteiger partial charge in [0, 0.05) is 19.3 Å². The Bertz CT molecular complexity index is 457. The molecule has 2 heterocycles. The average Bonchev–Trinajstić information content (AvgIpc) is 2.91. The number of nitrogens with two attached hydrogens (primary N) is 1. The molecule has 19 heavy (non-hydrogen) atoms. The van der Waals surface area contributed by atoms with Gasteiger partial charge in [0.15, 0.2) is 5.82 Å². The van der Waals surface area contributed by atoms with Crippen molar-refractivity contribution >= 4 is 11.7 Å². The molecule has 1 aliphatic heterocycles. The first-order valence-electron chi connectivity index (χ1n) is 6.86. The van der Waals surface area contributed by atoms with Crippen LogP contribution in [0.4, 0.5) is 5.82 Å². The zero-order valence-electron chi connectivity index (χ0n) is 11.6. The van der Waals surface area contributed by atoms with E-state index in [0.29, 0.717) is 11.4 Å². The Balaban J connectivity index is 2.18. The third-order valence-electron chi connectivity index (χ3n) is 4.40. The minimum Gasteiger partial charge on any atom is -0.338 e. The normalized spacial score (nSPS) is 17.5. The van der Waals surface area contributed by atoms with Gasteiger partial charge < -0.3 is 10.3 Å². The molecule has 5 nitrogen and oxygen atoms in total. The minimum absolute atomic E-state index is 0.0184. The van der Waals surface area contributed by atoms with Gasteiger partial charge in [-0.3, -0.25) is 4.79 Å². The van der Waals surface area contributed by atoms with Crippen LogP contribution in [0, 0.1) is 5.41 Å². The van der Waals surface area contributed by atoms with Crippen molar-refractivity contribution in [3.8, 4) is 0 Å². The summed E-state index contributed by atoms with van der Waals surface area (Å²) in [6.07, 6.45) is 4.93. The maximum atomic E-state index is 12.5. The summed E-state index contributed by atoms with van der Waals surface area (Å²) in [7, 11) is 0. The van der Waals surface area contributed by atoms with Crippen LogP contribution in [0.25, 0.3) is 0 Å². The maximum absolute atomic E-state index is 12.5. The lowest BCUT2D eigenvalue weighted by molar-refractivity contribution is 0.0770. The summed E-state index contributed by atoms with van der Waals surface area (Å²) in [6, 6.07) is 3.53. The van der Waals surface area contributed by atoms with Gasteiger partial charge in [-0.25, -0.2) is 10.8 Å². The molecule has 1 amide bonds. The first kappa shape index (κ1) is 13.8. The number of amides is 1. The highest BCUT2D eigenvalue weighted by Crippen LogP contribution is 2.37. The Labute approximate surface area is 114 Å². The fourth-order valence-corrected chi connectivity index (χ4v) is 2.80. The predicted molar refractivity (Wildman–Crippen MR) is 75.6 cm³/mol. The number of carbonyl (C=O) groups excluding carboxylic acids is 1. The van der Waals surface area contributed by atoms with E-state index in [1.54, 1.807) is 18.3 Å². The number of carbonyl (C=O) groups is 1. The zero-order valence-corrected chi connectivity index (χ0v) is 11.6. The van der Waals surface area contributed by atoms with Gasteiger partial charge in [-0.15, -0.1) is 0 Å².